The molecule has 0 aromatic heterocycles. The predicted octanol–water partition coefficient (Wildman–Crippen LogP) is 3.20. The summed E-state index contributed by atoms with van der Waals surface area (Å²) in [5, 5.41) is 3.75. The lowest BCUT2D eigenvalue weighted by Gasteiger charge is -2.08. The number of carbonyl (C=O) groups excluding carboxylic acids is 2. The summed E-state index contributed by atoms with van der Waals surface area (Å²) in [6, 6.07) is 6.95. The molecule has 0 unspecified atom stereocenters. The minimum absolute atomic E-state index is 0.186. The second kappa shape index (κ2) is 8.55. The molecule has 0 aliphatic carbocycles. The van der Waals surface area contributed by atoms with Gasteiger partial charge in [-0.25, -0.2) is 4.79 Å². The van der Waals surface area contributed by atoms with Crippen LogP contribution in [0.25, 0.3) is 0 Å². The van der Waals surface area contributed by atoms with Gasteiger partial charge in [-0.2, -0.15) is 4.99 Å². The molecule has 0 heterocycles. The summed E-state index contributed by atoms with van der Waals surface area (Å²) >= 11 is 6.96. The van der Waals surface area contributed by atoms with Crippen molar-refractivity contribution in [1.29, 1.82) is 0 Å². The third kappa shape index (κ3) is 6.26. The van der Waals surface area contributed by atoms with E-state index in [9.17, 15) is 9.59 Å². The molecule has 0 atom stereocenters. The number of halogens is 1. The summed E-state index contributed by atoms with van der Waals surface area (Å²) in [7, 11) is 0. The van der Waals surface area contributed by atoms with E-state index < -0.39 is 6.09 Å². The number of amidine groups is 1. The van der Waals surface area contributed by atoms with Crippen LogP contribution in [0.5, 0.6) is 0 Å². The highest BCUT2D eigenvalue weighted by molar-refractivity contribution is 8.14. The largest absolute Gasteiger partial charge is 0.448 e. The molecule has 19 heavy (non-hydrogen) atoms. The highest BCUT2D eigenvalue weighted by atomic mass is 35.5. The van der Waals surface area contributed by atoms with Crippen molar-refractivity contribution < 1.29 is 14.3 Å². The van der Waals surface area contributed by atoms with Crippen LogP contribution in [0.2, 0.25) is 5.02 Å². The standard InChI is InChI=1S/C12H13ClN2O3S/c1-2-18-12(17)15-11(19-7-6-16)14-10-5-3-4-9(13)8-10/h3-6,8H,2,7H2,1H3,(H,14,15,17). The van der Waals surface area contributed by atoms with Gasteiger partial charge < -0.3 is 14.8 Å². The normalized spacial score (nSPS) is 10.9. The minimum atomic E-state index is -0.703. The van der Waals surface area contributed by atoms with Crippen LogP contribution in [-0.4, -0.2) is 29.9 Å². The summed E-state index contributed by atoms with van der Waals surface area (Å²) in [5.74, 6) is 0.186. The van der Waals surface area contributed by atoms with E-state index in [1.54, 1.807) is 31.2 Å². The number of benzene rings is 1. The number of nitrogens with one attached hydrogen (secondary N) is 1. The first-order chi connectivity index (χ1) is 9.15. The number of anilines is 1. The zero-order valence-corrected chi connectivity index (χ0v) is 11.8. The van der Waals surface area contributed by atoms with Crippen molar-refractivity contribution in [2.75, 3.05) is 17.7 Å². The van der Waals surface area contributed by atoms with E-state index in [1.165, 1.54) is 0 Å². The van der Waals surface area contributed by atoms with Crippen LogP contribution in [0.3, 0.4) is 0 Å². The van der Waals surface area contributed by atoms with E-state index in [0.717, 1.165) is 18.0 Å². The molecule has 5 nitrogen and oxygen atoms in total. The van der Waals surface area contributed by atoms with Crippen molar-refractivity contribution in [3.8, 4) is 0 Å². The van der Waals surface area contributed by atoms with Gasteiger partial charge in [0.25, 0.3) is 0 Å². The molecule has 0 bridgehead atoms. The van der Waals surface area contributed by atoms with Gasteiger partial charge in [0.15, 0.2) is 5.17 Å². The Morgan fingerprint density at radius 2 is 2.37 bits per heavy atom. The molecule has 102 valence electrons. The number of aldehydes is 1. The van der Waals surface area contributed by atoms with Gasteiger partial charge in [-0.1, -0.05) is 29.4 Å². The average Bonchev–Trinajstić information content (AvgIpc) is 2.36. The smallest absolute Gasteiger partial charge is 0.436 e. The van der Waals surface area contributed by atoms with E-state index in [0.29, 0.717) is 10.7 Å². The second-order valence-corrected chi connectivity index (χ2v) is 4.67. The number of carbonyl (C=O) groups is 2. The van der Waals surface area contributed by atoms with Crippen LogP contribution in [0, 0.1) is 0 Å². The Morgan fingerprint density at radius 1 is 1.58 bits per heavy atom. The van der Waals surface area contributed by atoms with Crippen LogP contribution < -0.4 is 5.32 Å². The fourth-order valence-corrected chi connectivity index (χ4v) is 1.88. The highest BCUT2D eigenvalue weighted by Gasteiger charge is 2.06. The van der Waals surface area contributed by atoms with Crippen molar-refractivity contribution in [3.63, 3.8) is 0 Å². The van der Waals surface area contributed by atoms with E-state index in [-0.39, 0.29) is 17.5 Å². The lowest BCUT2D eigenvalue weighted by molar-refractivity contribution is -0.105. The number of hydrogen-bond acceptors (Lipinski definition) is 4. The molecule has 0 radical (unpaired) electrons. The molecule has 0 saturated heterocycles. The fourth-order valence-electron chi connectivity index (χ4n) is 1.14. The molecular weight excluding hydrogens is 288 g/mol. The summed E-state index contributed by atoms with van der Waals surface area (Å²) in [6.07, 6.45) is 0.0239. The number of nitrogens with zero attached hydrogens (tertiary/aromatic N) is 1. The van der Waals surface area contributed by atoms with Crippen molar-refractivity contribution in [2.45, 2.75) is 6.92 Å². The maximum Gasteiger partial charge on any atom is 0.436 e. The number of aliphatic imine (C=N–C) groups is 1. The van der Waals surface area contributed by atoms with Crippen LogP contribution in [0.1, 0.15) is 6.92 Å². The van der Waals surface area contributed by atoms with Gasteiger partial charge in [-0.3, -0.25) is 0 Å². The second-order valence-electron chi connectivity index (χ2n) is 3.23. The third-order valence-corrected chi connectivity index (χ3v) is 2.83. The molecule has 1 rings (SSSR count). The SMILES string of the molecule is CCOC(=O)/N=C(/Nc1cccc(Cl)c1)SCC=O. The van der Waals surface area contributed by atoms with E-state index in [4.69, 9.17) is 16.3 Å². The molecular formula is C12H13ClN2O3S. The zero-order valence-electron chi connectivity index (χ0n) is 10.3. The van der Waals surface area contributed by atoms with Gasteiger partial charge in [0.2, 0.25) is 0 Å². The average molecular weight is 301 g/mol. The molecule has 1 aromatic carbocycles. The van der Waals surface area contributed by atoms with Gasteiger partial charge in [-0.05, 0) is 25.1 Å². The molecule has 1 amide bonds. The predicted molar refractivity (Wildman–Crippen MR) is 78.1 cm³/mol. The Balaban J connectivity index is 2.79. The van der Waals surface area contributed by atoms with Gasteiger partial charge in [-0.15, -0.1) is 0 Å². The Labute approximate surface area is 120 Å². The fraction of sp³-hybridized carbons (Fsp3) is 0.250. The summed E-state index contributed by atoms with van der Waals surface area (Å²) < 4.78 is 4.72. The lowest BCUT2D eigenvalue weighted by atomic mass is 10.3. The molecule has 1 N–H and O–H groups in total. The highest BCUT2D eigenvalue weighted by Crippen LogP contribution is 2.17. The summed E-state index contributed by atoms with van der Waals surface area (Å²) in [5.41, 5.74) is 0.675. The van der Waals surface area contributed by atoms with Crippen molar-refractivity contribution >= 4 is 46.6 Å². The monoisotopic (exact) mass is 300 g/mol. The number of amides is 1. The molecule has 0 spiro atoms. The maximum absolute atomic E-state index is 11.3. The van der Waals surface area contributed by atoms with Gasteiger partial charge in [0.1, 0.15) is 6.29 Å². The number of rotatable bonds is 4. The van der Waals surface area contributed by atoms with Crippen LogP contribution in [-0.2, 0) is 9.53 Å². The molecule has 1 aromatic rings. The Bertz CT molecular complexity index is 480. The first-order valence-corrected chi connectivity index (χ1v) is 6.86. The Kier molecular flexibility index (Phi) is 6.99. The topological polar surface area (TPSA) is 67.8 Å². The van der Waals surface area contributed by atoms with Gasteiger partial charge in [0.05, 0.1) is 12.4 Å². The molecule has 7 heteroatoms. The molecule has 0 aliphatic rings. The van der Waals surface area contributed by atoms with E-state index in [2.05, 4.69) is 10.3 Å². The van der Waals surface area contributed by atoms with E-state index >= 15 is 0 Å². The number of hydrogen-bond donors (Lipinski definition) is 1. The molecule has 0 saturated carbocycles. The lowest BCUT2D eigenvalue weighted by Crippen LogP contribution is -2.12. The van der Waals surface area contributed by atoms with Crippen LogP contribution in [0.4, 0.5) is 10.5 Å². The Hall–Kier alpha value is -1.53. The van der Waals surface area contributed by atoms with Crippen molar-refractivity contribution in [2.24, 2.45) is 4.99 Å². The first kappa shape index (κ1) is 15.5. The maximum atomic E-state index is 11.3. The van der Waals surface area contributed by atoms with Crippen LogP contribution >= 0.6 is 23.4 Å². The van der Waals surface area contributed by atoms with Gasteiger partial charge in [0, 0.05) is 10.7 Å². The zero-order chi connectivity index (χ0) is 14.1. The molecule has 0 aliphatic heterocycles. The van der Waals surface area contributed by atoms with Crippen molar-refractivity contribution in [3.05, 3.63) is 29.3 Å². The quantitative estimate of drug-likeness (QED) is 0.525. The van der Waals surface area contributed by atoms with E-state index in [1.807, 2.05) is 0 Å². The van der Waals surface area contributed by atoms with Crippen molar-refractivity contribution in [1.82, 2.24) is 0 Å². The van der Waals surface area contributed by atoms with Gasteiger partial charge >= 0.3 is 6.09 Å². The summed E-state index contributed by atoms with van der Waals surface area (Å²) in [4.78, 5) is 25.4. The molecule has 0 fully saturated rings. The Morgan fingerprint density at radius 3 is 3.00 bits per heavy atom. The third-order valence-electron chi connectivity index (χ3n) is 1.82. The minimum Gasteiger partial charge on any atom is -0.448 e. The van der Waals surface area contributed by atoms with Crippen LogP contribution in [0.15, 0.2) is 29.3 Å². The number of thioether (sulfide) groups is 1. The first-order valence-electron chi connectivity index (χ1n) is 5.50. The summed E-state index contributed by atoms with van der Waals surface area (Å²) in [6.45, 7) is 1.93. The number of ether oxygens (including phenoxy) is 1.